The molecule has 8 nitrogen and oxygen atoms in total. The van der Waals surface area contributed by atoms with Crippen molar-refractivity contribution in [1.82, 2.24) is 10.2 Å². The van der Waals surface area contributed by atoms with Gasteiger partial charge in [0.05, 0.1) is 12.0 Å². The van der Waals surface area contributed by atoms with Crippen molar-refractivity contribution in [1.29, 1.82) is 5.26 Å². The predicted molar refractivity (Wildman–Crippen MR) is 101 cm³/mol. The van der Waals surface area contributed by atoms with Gasteiger partial charge in [0.15, 0.2) is 6.61 Å². The Hall–Kier alpha value is -2.30. The van der Waals surface area contributed by atoms with Gasteiger partial charge in [-0.2, -0.15) is 5.26 Å². The number of rotatable bonds is 4. The number of likely N-dealkylation sites (tertiary alicyclic amines) is 1. The first kappa shape index (κ1) is 22.0. The molecule has 28 heavy (non-hydrogen) atoms. The summed E-state index contributed by atoms with van der Waals surface area (Å²) in [6.45, 7) is 5.88. The normalized spacial score (nSPS) is 20.0. The molecule has 1 aliphatic heterocycles. The molecule has 0 radical (unpaired) electrons. The molecule has 1 aliphatic carbocycles. The van der Waals surface area contributed by atoms with Gasteiger partial charge in [0.1, 0.15) is 11.1 Å². The maximum Gasteiger partial charge on any atom is 0.410 e. The minimum absolute atomic E-state index is 0.342. The van der Waals surface area contributed by atoms with Gasteiger partial charge in [0.2, 0.25) is 0 Å². The second kappa shape index (κ2) is 9.26. The number of hydrogen-bond donors (Lipinski definition) is 1. The number of carbonyl (C=O) groups is 3. The summed E-state index contributed by atoms with van der Waals surface area (Å²) in [7, 11) is 0. The number of carbonyl (C=O) groups excluding carboxylic acids is 3. The third kappa shape index (κ3) is 6.39. The van der Waals surface area contributed by atoms with E-state index >= 15 is 0 Å². The van der Waals surface area contributed by atoms with E-state index in [4.69, 9.17) is 9.47 Å². The SMILES string of the molecule is CC(C)(C)OC(=O)N1CCC(C(=O)OCC(=O)NC2(C#N)CCCCC2)CC1. The molecule has 0 aromatic rings. The number of ether oxygens (including phenoxy) is 2. The van der Waals surface area contributed by atoms with E-state index in [2.05, 4.69) is 11.4 Å². The topological polar surface area (TPSA) is 109 Å². The first-order valence-corrected chi connectivity index (χ1v) is 10.0. The van der Waals surface area contributed by atoms with Crippen molar-refractivity contribution < 1.29 is 23.9 Å². The van der Waals surface area contributed by atoms with Gasteiger partial charge in [0.25, 0.3) is 5.91 Å². The zero-order valence-corrected chi connectivity index (χ0v) is 17.1. The lowest BCUT2D eigenvalue weighted by Gasteiger charge is -2.33. The summed E-state index contributed by atoms with van der Waals surface area (Å²) in [5.74, 6) is -1.22. The molecule has 2 amide bonds. The third-order valence-electron chi connectivity index (χ3n) is 5.13. The van der Waals surface area contributed by atoms with Gasteiger partial charge >= 0.3 is 12.1 Å². The Labute approximate surface area is 166 Å². The van der Waals surface area contributed by atoms with Crippen LogP contribution in [0.1, 0.15) is 65.7 Å². The number of amides is 2. The Morgan fingerprint density at radius 2 is 1.75 bits per heavy atom. The van der Waals surface area contributed by atoms with E-state index in [9.17, 15) is 19.6 Å². The molecule has 1 saturated heterocycles. The fourth-order valence-electron chi connectivity index (χ4n) is 3.60. The van der Waals surface area contributed by atoms with E-state index in [0.29, 0.717) is 38.8 Å². The first-order chi connectivity index (χ1) is 13.1. The van der Waals surface area contributed by atoms with Crippen LogP contribution in [0.2, 0.25) is 0 Å². The number of esters is 1. The summed E-state index contributed by atoms with van der Waals surface area (Å²) in [6, 6.07) is 2.21. The van der Waals surface area contributed by atoms with Crippen LogP contribution in [0.25, 0.3) is 0 Å². The van der Waals surface area contributed by atoms with Crippen LogP contribution < -0.4 is 5.32 Å². The minimum atomic E-state index is -0.833. The van der Waals surface area contributed by atoms with Crippen LogP contribution in [0.15, 0.2) is 0 Å². The summed E-state index contributed by atoms with van der Waals surface area (Å²) >= 11 is 0. The lowest BCUT2D eigenvalue weighted by atomic mass is 9.83. The molecule has 0 atom stereocenters. The fraction of sp³-hybridized carbons (Fsp3) is 0.800. The highest BCUT2D eigenvalue weighted by atomic mass is 16.6. The quantitative estimate of drug-likeness (QED) is 0.735. The van der Waals surface area contributed by atoms with Crippen LogP contribution in [0.5, 0.6) is 0 Å². The molecule has 156 valence electrons. The standard InChI is InChI=1S/C20H31N3O5/c1-19(2,3)28-18(26)23-11-7-15(8-12-23)17(25)27-13-16(24)22-20(14-21)9-5-4-6-10-20/h15H,4-13H2,1-3H3,(H,22,24). The highest BCUT2D eigenvalue weighted by Crippen LogP contribution is 2.27. The van der Waals surface area contributed by atoms with Crippen molar-refractivity contribution in [2.24, 2.45) is 5.92 Å². The zero-order valence-electron chi connectivity index (χ0n) is 17.1. The number of piperidine rings is 1. The Bertz CT molecular complexity index is 621. The van der Waals surface area contributed by atoms with E-state index in [1.807, 2.05) is 20.8 Å². The number of nitriles is 1. The van der Waals surface area contributed by atoms with Gasteiger partial charge in [-0.1, -0.05) is 19.3 Å². The Balaban J connectivity index is 1.73. The third-order valence-corrected chi connectivity index (χ3v) is 5.13. The van der Waals surface area contributed by atoms with E-state index in [0.717, 1.165) is 19.3 Å². The predicted octanol–water partition coefficient (Wildman–Crippen LogP) is 2.52. The average Bonchev–Trinajstić information content (AvgIpc) is 2.65. The second-order valence-electron chi connectivity index (χ2n) is 8.65. The largest absolute Gasteiger partial charge is 0.455 e. The Morgan fingerprint density at radius 1 is 1.14 bits per heavy atom. The molecule has 2 rings (SSSR count). The van der Waals surface area contributed by atoms with Crippen molar-refractivity contribution in [3.05, 3.63) is 0 Å². The highest BCUT2D eigenvalue weighted by Gasteiger charge is 2.34. The number of nitrogens with zero attached hydrogens (tertiary/aromatic N) is 2. The maximum absolute atomic E-state index is 12.2. The molecule has 0 aromatic heterocycles. The van der Waals surface area contributed by atoms with Gasteiger partial charge < -0.3 is 19.7 Å². The molecule has 2 aliphatic rings. The molecule has 0 aromatic carbocycles. The molecule has 2 fully saturated rings. The van der Waals surface area contributed by atoms with Crippen LogP contribution >= 0.6 is 0 Å². The average molecular weight is 393 g/mol. The molecule has 8 heteroatoms. The monoisotopic (exact) mass is 393 g/mol. The summed E-state index contributed by atoms with van der Waals surface area (Å²) in [5, 5.41) is 12.1. The van der Waals surface area contributed by atoms with E-state index in [1.54, 1.807) is 4.90 Å². The van der Waals surface area contributed by atoms with Crippen LogP contribution in [-0.4, -0.2) is 53.7 Å². The number of hydrogen-bond acceptors (Lipinski definition) is 6. The van der Waals surface area contributed by atoms with Crippen LogP contribution in [0.4, 0.5) is 4.79 Å². The van der Waals surface area contributed by atoms with E-state index in [1.165, 1.54) is 0 Å². The maximum atomic E-state index is 12.2. The fourth-order valence-corrected chi connectivity index (χ4v) is 3.60. The smallest absolute Gasteiger partial charge is 0.410 e. The van der Waals surface area contributed by atoms with Crippen molar-refractivity contribution in [2.45, 2.75) is 76.9 Å². The molecule has 1 heterocycles. The van der Waals surface area contributed by atoms with Gasteiger partial charge in [0, 0.05) is 13.1 Å². The Morgan fingerprint density at radius 3 is 2.29 bits per heavy atom. The lowest BCUT2D eigenvalue weighted by molar-refractivity contribution is -0.154. The highest BCUT2D eigenvalue weighted by molar-refractivity contribution is 5.82. The molecule has 1 N–H and O–H groups in total. The van der Waals surface area contributed by atoms with Crippen molar-refractivity contribution in [2.75, 3.05) is 19.7 Å². The minimum Gasteiger partial charge on any atom is -0.455 e. The van der Waals surface area contributed by atoms with Crippen molar-refractivity contribution in [3.63, 3.8) is 0 Å². The molecular weight excluding hydrogens is 362 g/mol. The van der Waals surface area contributed by atoms with Crippen molar-refractivity contribution >= 4 is 18.0 Å². The van der Waals surface area contributed by atoms with Crippen LogP contribution in [-0.2, 0) is 19.1 Å². The Kier molecular flexibility index (Phi) is 7.28. The molecule has 1 saturated carbocycles. The van der Waals surface area contributed by atoms with Crippen molar-refractivity contribution in [3.8, 4) is 6.07 Å². The van der Waals surface area contributed by atoms with Crippen LogP contribution in [0.3, 0.4) is 0 Å². The van der Waals surface area contributed by atoms with Crippen LogP contribution in [0, 0.1) is 17.2 Å². The van der Waals surface area contributed by atoms with Gasteiger partial charge in [-0.25, -0.2) is 4.79 Å². The van der Waals surface area contributed by atoms with Gasteiger partial charge in [-0.15, -0.1) is 0 Å². The lowest BCUT2D eigenvalue weighted by Crippen LogP contribution is -2.50. The van der Waals surface area contributed by atoms with Gasteiger partial charge in [-0.05, 0) is 46.5 Å². The molecule has 0 spiro atoms. The molecular formula is C20H31N3O5. The summed E-state index contributed by atoms with van der Waals surface area (Å²) in [4.78, 5) is 38.0. The van der Waals surface area contributed by atoms with E-state index in [-0.39, 0.29) is 18.6 Å². The molecule has 0 bridgehead atoms. The summed E-state index contributed by atoms with van der Waals surface area (Å²) in [5.41, 5.74) is -1.39. The van der Waals surface area contributed by atoms with Gasteiger partial charge in [-0.3, -0.25) is 9.59 Å². The zero-order chi connectivity index (χ0) is 20.8. The second-order valence-corrected chi connectivity index (χ2v) is 8.65. The van der Waals surface area contributed by atoms with E-state index < -0.39 is 23.0 Å². The summed E-state index contributed by atoms with van der Waals surface area (Å²) < 4.78 is 10.5. The number of nitrogens with one attached hydrogen (secondary N) is 1. The summed E-state index contributed by atoms with van der Waals surface area (Å²) in [6.07, 6.45) is 4.71. The first-order valence-electron chi connectivity index (χ1n) is 10.0. The molecule has 0 unspecified atom stereocenters.